The van der Waals surface area contributed by atoms with Crippen LogP contribution in [-0.2, 0) is 4.79 Å². The molecule has 0 aliphatic carbocycles. The number of carbonyl (C=O) groups excluding carboxylic acids is 1. The fourth-order valence-electron chi connectivity index (χ4n) is 0.987. The van der Waals surface area contributed by atoms with Crippen LogP contribution in [-0.4, -0.2) is 19.5 Å². The number of hydrogen-bond donors (Lipinski definition) is 3. The third-order valence-electron chi connectivity index (χ3n) is 1.62. The first-order valence-electron chi connectivity index (χ1n) is 4.13. The Morgan fingerprint density at radius 2 is 2.20 bits per heavy atom. The number of nitrogens with one attached hydrogen (secondary N) is 2. The van der Waals surface area contributed by atoms with E-state index in [9.17, 15) is 9.18 Å². The number of benzene rings is 1. The van der Waals surface area contributed by atoms with E-state index < -0.39 is 5.82 Å². The van der Waals surface area contributed by atoms with Gasteiger partial charge in [-0.2, -0.15) is 0 Å². The predicted molar refractivity (Wildman–Crippen MR) is 60.6 cm³/mol. The Kier molecular flexibility index (Phi) is 5.66. The number of anilines is 2. The SMILES string of the molecule is CNCC(=O)Nc1ccc(F)c(N)c1.Cl. The standard InChI is InChI=1S/C9H12FN3O.ClH/c1-12-5-9(14)13-6-2-3-7(10)8(11)4-6;/h2-4,12H,5,11H2,1H3,(H,13,14);1H. The second-order valence-corrected chi connectivity index (χ2v) is 2.81. The lowest BCUT2D eigenvalue weighted by Crippen LogP contribution is -2.25. The second kappa shape index (κ2) is 6.21. The van der Waals surface area contributed by atoms with Crippen LogP contribution in [0.4, 0.5) is 15.8 Å². The molecule has 84 valence electrons. The number of amides is 1. The molecule has 0 saturated carbocycles. The highest BCUT2D eigenvalue weighted by atomic mass is 35.5. The van der Waals surface area contributed by atoms with Crippen LogP contribution in [0.2, 0.25) is 0 Å². The highest BCUT2D eigenvalue weighted by molar-refractivity contribution is 5.92. The summed E-state index contributed by atoms with van der Waals surface area (Å²) in [5.74, 6) is -0.685. The van der Waals surface area contributed by atoms with E-state index in [1.807, 2.05) is 0 Å². The molecule has 0 atom stereocenters. The Morgan fingerprint density at radius 1 is 1.53 bits per heavy atom. The second-order valence-electron chi connectivity index (χ2n) is 2.81. The molecule has 0 spiro atoms. The first kappa shape index (κ1) is 13.7. The smallest absolute Gasteiger partial charge is 0.238 e. The average molecular weight is 234 g/mol. The van der Waals surface area contributed by atoms with Gasteiger partial charge in [0, 0.05) is 5.69 Å². The zero-order valence-corrected chi connectivity index (χ0v) is 9.03. The summed E-state index contributed by atoms with van der Waals surface area (Å²) < 4.78 is 12.7. The lowest BCUT2D eigenvalue weighted by molar-refractivity contribution is -0.115. The van der Waals surface area contributed by atoms with E-state index in [1.54, 1.807) is 7.05 Å². The van der Waals surface area contributed by atoms with E-state index in [4.69, 9.17) is 5.73 Å². The summed E-state index contributed by atoms with van der Waals surface area (Å²) in [6.45, 7) is 0.206. The number of halogens is 2. The van der Waals surface area contributed by atoms with Crippen LogP contribution in [0.1, 0.15) is 0 Å². The molecule has 1 aromatic rings. The van der Waals surface area contributed by atoms with Crippen LogP contribution >= 0.6 is 12.4 Å². The highest BCUT2D eigenvalue weighted by Crippen LogP contribution is 2.15. The van der Waals surface area contributed by atoms with Gasteiger partial charge < -0.3 is 16.4 Å². The zero-order valence-electron chi connectivity index (χ0n) is 8.21. The molecule has 15 heavy (non-hydrogen) atoms. The average Bonchev–Trinajstić information content (AvgIpc) is 2.12. The van der Waals surface area contributed by atoms with Crippen molar-refractivity contribution in [3.05, 3.63) is 24.0 Å². The molecule has 4 N–H and O–H groups in total. The van der Waals surface area contributed by atoms with Crippen molar-refractivity contribution in [2.75, 3.05) is 24.6 Å². The Balaban J connectivity index is 0.00000196. The lowest BCUT2D eigenvalue weighted by atomic mass is 10.2. The molecule has 0 saturated heterocycles. The normalized spacial score (nSPS) is 9.20. The van der Waals surface area contributed by atoms with E-state index >= 15 is 0 Å². The first-order chi connectivity index (χ1) is 6.63. The minimum atomic E-state index is -0.489. The first-order valence-corrected chi connectivity index (χ1v) is 4.13. The van der Waals surface area contributed by atoms with Gasteiger partial charge in [0.15, 0.2) is 0 Å². The highest BCUT2D eigenvalue weighted by Gasteiger charge is 2.02. The molecule has 0 aliphatic heterocycles. The summed E-state index contributed by atoms with van der Waals surface area (Å²) in [5.41, 5.74) is 5.84. The van der Waals surface area contributed by atoms with Crippen LogP contribution in [0.3, 0.4) is 0 Å². The molecule has 1 aromatic carbocycles. The quantitative estimate of drug-likeness (QED) is 0.682. The van der Waals surface area contributed by atoms with Gasteiger partial charge >= 0.3 is 0 Å². The third-order valence-corrected chi connectivity index (χ3v) is 1.62. The zero-order chi connectivity index (χ0) is 10.6. The monoisotopic (exact) mass is 233 g/mol. The van der Waals surface area contributed by atoms with Crippen LogP contribution in [0.15, 0.2) is 18.2 Å². The molecule has 6 heteroatoms. The third kappa shape index (κ3) is 4.14. The van der Waals surface area contributed by atoms with Gasteiger partial charge in [-0.15, -0.1) is 12.4 Å². The van der Waals surface area contributed by atoms with Gasteiger partial charge in [-0.1, -0.05) is 0 Å². The Morgan fingerprint density at radius 3 is 2.73 bits per heavy atom. The van der Waals surface area contributed by atoms with Gasteiger partial charge in [-0.05, 0) is 25.2 Å². The summed E-state index contributed by atoms with van der Waals surface area (Å²) in [4.78, 5) is 11.1. The van der Waals surface area contributed by atoms with E-state index in [-0.39, 0.29) is 30.5 Å². The van der Waals surface area contributed by atoms with Crippen molar-refractivity contribution in [2.24, 2.45) is 0 Å². The molecular weight excluding hydrogens is 221 g/mol. The minimum Gasteiger partial charge on any atom is -0.396 e. The molecule has 0 aromatic heterocycles. The van der Waals surface area contributed by atoms with Gasteiger partial charge in [-0.3, -0.25) is 4.79 Å². The molecule has 0 unspecified atom stereocenters. The van der Waals surface area contributed by atoms with E-state index in [2.05, 4.69) is 10.6 Å². The van der Waals surface area contributed by atoms with Crippen molar-refractivity contribution in [1.82, 2.24) is 5.32 Å². The Labute approximate surface area is 93.4 Å². The van der Waals surface area contributed by atoms with E-state index in [1.165, 1.54) is 18.2 Å². The molecule has 0 fully saturated rings. The van der Waals surface area contributed by atoms with Gasteiger partial charge in [0.2, 0.25) is 5.91 Å². The molecule has 0 bridgehead atoms. The molecule has 0 heterocycles. The number of carbonyl (C=O) groups is 1. The van der Waals surface area contributed by atoms with Crippen molar-refractivity contribution < 1.29 is 9.18 Å². The van der Waals surface area contributed by atoms with Gasteiger partial charge in [0.1, 0.15) is 5.82 Å². The maximum absolute atomic E-state index is 12.7. The fourth-order valence-corrected chi connectivity index (χ4v) is 0.987. The van der Waals surface area contributed by atoms with Crippen molar-refractivity contribution in [1.29, 1.82) is 0 Å². The number of hydrogen-bond acceptors (Lipinski definition) is 3. The number of nitrogens with two attached hydrogens (primary N) is 1. The van der Waals surface area contributed by atoms with E-state index in [0.29, 0.717) is 5.69 Å². The summed E-state index contributed by atoms with van der Waals surface area (Å²) in [6.07, 6.45) is 0. The fraction of sp³-hybridized carbons (Fsp3) is 0.222. The van der Waals surface area contributed by atoms with Crippen molar-refractivity contribution in [3.63, 3.8) is 0 Å². The number of rotatable bonds is 3. The molecule has 0 radical (unpaired) electrons. The molecule has 1 rings (SSSR count). The van der Waals surface area contributed by atoms with Crippen molar-refractivity contribution in [2.45, 2.75) is 0 Å². The predicted octanol–water partition coefficient (Wildman–Crippen LogP) is 0.988. The topological polar surface area (TPSA) is 67.2 Å². The molecule has 4 nitrogen and oxygen atoms in total. The summed E-state index contributed by atoms with van der Waals surface area (Å²) in [6, 6.07) is 4.05. The molecule has 0 aliphatic rings. The van der Waals surface area contributed by atoms with Gasteiger partial charge in [0.05, 0.1) is 12.2 Å². The molecule has 1 amide bonds. The summed E-state index contributed by atoms with van der Waals surface area (Å²) >= 11 is 0. The van der Waals surface area contributed by atoms with Crippen molar-refractivity contribution >= 4 is 29.7 Å². The molecular formula is C9H13ClFN3O. The summed E-state index contributed by atoms with van der Waals surface area (Å²) in [5, 5.41) is 5.26. The maximum Gasteiger partial charge on any atom is 0.238 e. The van der Waals surface area contributed by atoms with Crippen LogP contribution in [0.25, 0.3) is 0 Å². The Hall–Kier alpha value is -1.33. The van der Waals surface area contributed by atoms with Gasteiger partial charge in [-0.25, -0.2) is 4.39 Å². The van der Waals surface area contributed by atoms with Crippen molar-refractivity contribution in [3.8, 4) is 0 Å². The van der Waals surface area contributed by atoms with E-state index in [0.717, 1.165) is 0 Å². The van der Waals surface area contributed by atoms with Crippen LogP contribution in [0.5, 0.6) is 0 Å². The maximum atomic E-state index is 12.7. The number of nitrogen functional groups attached to an aromatic ring is 1. The van der Waals surface area contributed by atoms with Crippen LogP contribution in [0, 0.1) is 5.82 Å². The lowest BCUT2D eigenvalue weighted by Gasteiger charge is -2.05. The van der Waals surface area contributed by atoms with Crippen LogP contribution < -0.4 is 16.4 Å². The Bertz CT molecular complexity index is 346. The van der Waals surface area contributed by atoms with Gasteiger partial charge in [0.25, 0.3) is 0 Å². The minimum absolute atomic E-state index is 0. The largest absolute Gasteiger partial charge is 0.396 e. The summed E-state index contributed by atoms with van der Waals surface area (Å²) in [7, 11) is 1.67. The number of likely N-dealkylation sites (N-methyl/N-ethyl adjacent to an activating group) is 1.